The second-order valence-corrected chi connectivity index (χ2v) is 10.7. The Labute approximate surface area is 214 Å². The zero-order valence-electron chi connectivity index (χ0n) is 23.5. The van der Waals surface area contributed by atoms with Crippen LogP contribution in [0.4, 0.5) is 0 Å². The van der Waals surface area contributed by atoms with Crippen molar-refractivity contribution in [2.75, 3.05) is 0 Å². The third-order valence-electron chi connectivity index (χ3n) is 7.32. The molecule has 0 spiro atoms. The van der Waals surface area contributed by atoms with Crippen LogP contribution in [-0.2, 0) is 4.79 Å². The number of aliphatic carboxylic acids is 1. The molecule has 0 heterocycles. The smallest absolute Gasteiger partial charge is 0.306 e. The molecule has 1 atom stereocenters. The van der Waals surface area contributed by atoms with Crippen LogP contribution in [0.3, 0.4) is 0 Å². The molecule has 0 rings (SSSR count). The van der Waals surface area contributed by atoms with Crippen molar-refractivity contribution in [3.05, 3.63) is 12.2 Å². The van der Waals surface area contributed by atoms with Gasteiger partial charge in [-0.2, -0.15) is 0 Å². The van der Waals surface area contributed by atoms with Gasteiger partial charge in [0.25, 0.3) is 0 Å². The summed E-state index contributed by atoms with van der Waals surface area (Å²) in [4.78, 5) is 11.6. The summed E-state index contributed by atoms with van der Waals surface area (Å²) in [6.45, 7) is 4.54. The summed E-state index contributed by atoms with van der Waals surface area (Å²) < 4.78 is 0. The first-order valence-corrected chi connectivity index (χ1v) is 15.6. The molecular weight excluding hydrogens is 416 g/mol. The fourth-order valence-electron chi connectivity index (χ4n) is 4.91. The molecule has 0 saturated carbocycles. The van der Waals surface area contributed by atoms with Crippen molar-refractivity contribution in [2.24, 2.45) is 5.92 Å². The van der Waals surface area contributed by atoms with Crippen molar-refractivity contribution in [3.63, 3.8) is 0 Å². The van der Waals surface area contributed by atoms with E-state index in [1.165, 1.54) is 141 Å². The van der Waals surface area contributed by atoms with Gasteiger partial charge in [0.05, 0.1) is 5.92 Å². The lowest BCUT2D eigenvalue weighted by molar-refractivity contribution is -0.142. The Kier molecular flexibility index (Phi) is 27.8. The molecule has 2 nitrogen and oxygen atoms in total. The molecule has 0 bridgehead atoms. The molecule has 0 aliphatic rings. The maximum absolute atomic E-state index is 11.6. The minimum absolute atomic E-state index is 0.106. The lowest BCUT2D eigenvalue weighted by atomic mass is 9.94. The number of rotatable bonds is 28. The molecule has 0 saturated heterocycles. The molecule has 0 radical (unpaired) electrons. The summed E-state index contributed by atoms with van der Waals surface area (Å²) in [5, 5.41) is 9.54. The van der Waals surface area contributed by atoms with Gasteiger partial charge in [0.2, 0.25) is 0 Å². The first kappa shape index (κ1) is 33.2. The second-order valence-electron chi connectivity index (χ2n) is 10.7. The Morgan fingerprint density at radius 1 is 0.500 bits per heavy atom. The largest absolute Gasteiger partial charge is 0.481 e. The van der Waals surface area contributed by atoms with Gasteiger partial charge in [-0.1, -0.05) is 154 Å². The summed E-state index contributed by atoms with van der Waals surface area (Å²) in [5.74, 6) is -0.672. The molecule has 1 unspecified atom stereocenters. The lowest BCUT2D eigenvalue weighted by Crippen LogP contribution is -2.13. The fraction of sp³-hybridized carbons (Fsp3) is 0.906. The molecule has 0 fully saturated rings. The van der Waals surface area contributed by atoms with Gasteiger partial charge in [0.1, 0.15) is 0 Å². The number of allylic oxidation sites excluding steroid dienone is 2. The van der Waals surface area contributed by atoms with E-state index in [0.717, 1.165) is 25.7 Å². The second kappa shape index (κ2) is 28.4. The molecule has 1 N–H and O–H groups in total. The third-order valence-corrected chi connectivity index (χ3v) is 7.32. The van der Waals surface area contributed by atoms with E-state index in [1.807, 2.05) is 0 Å². The van der Waals surface area contributed by atoms with E-state index in [0.29, 0.717) is 0 Å². The Morgan fingerprint density at radius 3 is 1.12 bits per heavy atom. The standard InChI is InChI=1S/C32H62O2/c1-3-5-7-9-11-13-15-16-17-18-19-20-22-24-26-28-30-31(32(33)34)29-27-25-23-21-14-12-10-8-6-4-2/h16-17,31H,3-15,18-30H2,1-2H3,(H,33,34). The van der Waals surface area contributed by atoms with Crippen LogP contribution in [0, 0.1) is 5.92 Å². The lowest BCUT2D eigenvalue weighted by Gasteiger charge is -2.12. The van der Waals surface area contributed by atoms with Gasteiger partial charge in [-0.15, -0.1) is 0 Å². The number of carboxylic acid groups (broad SMARTS) is 1. The predicted octanol–water partition coefficient (Wildman–Crippen LogP) is 11.4. The summed E-state index contributed by atoms with van der Waals surface area (Å²) >= 11 is 0. The molecule has 0 aromatic rings. The van der Waals surface area contributed by atoms with Gasteiger partial charge in [-0.25, -0.2) is 0 Å². The normalized spacial score (nSPS) is 12.5. The van der Waals surface area contributed by atoms with Crippen LogP contribution in [0.25, 0.3) is 0 Å². The molecule has 0 aliphatic heterocycles. The van der Waals surface area contributed by atoms with Crippen LogP contribution in [0.1, 0.15) is 181 Å². The van der Waals surface area contributed by atoms with E-state index >= 15 is 0 Å². The highest BCUT2D eigenvalue weighted by Crippen LogP contribution is 2.20. The molecular formula is C32H62O2. The van der Waals surface area contributed by atoms with E-state index in [1.54, 1.807) is 0 Å². The Bertz CT molecular complexity index is 429. The first-order valence-electron chi connectivity index (χ1n) is 15.6. The van der Waals surface area contributed by atoms with Gasteiger partial charge in [-0.05, 0) is 38.5 Å². The molecule has 0 aromatic heterocycles. The van der Waals surface area contributed by atoms with E-state index in [2.05, 4.69) is 26.0 Å². The minimum atomic E-state index is -0.566. The number of hydrogen-bond donors (Lipinski definition) is 1. The molecule has 2 heteroatoms. The van der Waals surface area contributed by atoms with Crippen LogP contribution in [-0.4, -0.2) is 11.1 Å². The van der Waals surface area contributed by atoms with Crippen molar-refractivity contribution in [2.45, 2.75) is 181 Å². The Morgan fingerprint density at radius 2 is 0.794 bits per heavy atom. The number of unbranched alkanes of at least 4 members (excludes halogenated alkanes) is 21. The van der Waals surface area contributed by atoms with Gasteiger partial charge in [-0.3, -0.25) is 4.79 Å². The molecule has 0 amide bonds. The van der Waals surface area contributed by atoms with E-state index < -0.39 is 5.97 Å². The Hall–Kier alpha value is -0.790. The van der Waals surface area contributed by atoms with Crippen LogP contribution >= 0.6 is 0 Å². The zero-order valence-corrected chi connectivity index (χ0v) is 23.5. The Balaban J connectivity index is 3.45. The van der Waals surface area contributed by atoms with E-state index in [9.17, 15) is 9.90 Å². The highest BCUT2D eigenvalue weighted by atomic mass is 16.4. The number of hydrogen-bond acceptors (Lipinski definition) is 1. The topological polar surface area (TPSA) is 37.3 Å². The molecule has 0 aromatic carbocycles. The summed E-state index contributed by atoms with van der Waals surface area (Å²) in [6, 6.07) is 0. The first-order chi connectivity index (χ1) is 16.7. The van der Waals surface area contributed by atoms with Gasteiger partial charge in [0, 0.05) is 0 Å². The molecule has 34 heavy (non-hydrogen) atoms. The molecule has 202 valence electrons. The predicted molar refractivity (Wildman–Crippen MR) is 152 cm³/mol. The van der Waals surface area contributed by atoms with Crippen molar-refractivity contribution >= 4 is 5.97 Å². The van der Waals surface area contributed by atoms with Crippen LogP contribution in [0.5, 0.6) is 0 Å². The minimum Gasteiger partial charge on any atom is -0.481 e. The average Bonchev–Trinajstić information content (AvgIpc) is 2.83. The fourth-order valence-corrected chi connectivity index (χ4v) is 4.91. The monoisotopic (exact) mass is 478 g/mol. The highest BCUT2D eigenvalue weighted by Gasteiger charge is 2.16. The number of carboxylic acids is 1. The summed E-state index contributed by atoms with van der Waals surface area (Å²) in [6.07, 6.45) is 38.0. The van der Waals surface area contributed by atoms with Crippen LogP contribution in [0.2, 0.25) is 0 Å². The summed E-state index contributed by atoms with van der Waals surface area (Å²) in [7, 11) is 0. The third kappa shape index (κ3) is 25.8. The van der Waals surface area contributed by atoms with Crippen molar-refractivity contribution in [3.8, 4) is 0 Å². The molecule has 0 aliphatic carbocycles. The number of carbonyl (C=O) groups is 1. The quantitative estimate of drug-likeness (QED) is 0.0896. The van der Waals surface area contributed by atoms with Gasteiger partial charge >= 0.3 is 5.97 Å². The van der Waals surface area contributed by atoms with Gasteiger partial charge in [0.15, 0.2) is 0 Å². The SMILES string of the molecule is CCCCCCCCC=CCCCCCCCCC(CCCCCCCCCCCC)C(=O)O. The maximum Gasteiger partial charge on any atom is 0.306 e. The summed E-state index contributed by atoms with van der Waals surface area (Å²) in [5.41, 5.74) is 0. The van der Waals surface area contributed by atoms with Crippen molar-refractivity contribution in [1.82, 2.24) is 0 Å². The zero-order chi connectivity index (χ0) is 25.0. The van der Waals surface area contributed by atoms with Crippen LogP contribution in [0.15, 0.2) is 12.2 Å². The van der Waals surface area contributed by atoms with Crippen molar-refractivity contribution in [1.29, 1.82) is 0 Å². The average molecular weight is 479 g/mol. The maximum atomic E-state index is 11.6. The highest BCUT2D eigenvalue weighted by molar-refractivity contribution is 5.69. The van der Waals surface area contributed by atoms with Gasteiger partial charge < -0.3 is 5.11 Å². The van der Waals surface area contributed by atoms with E-state index in [-0.39, 0.29) is 5.92 Å². The van der Waals surface area contributed by atoms with Crippen molar-refractivity contribution < 1.29 is 9.90 Å². The van der Waals surface area contributed by atoms with E-state index in [4.69, 9.17) is 0 Å². The van der Waals surface area contributed by atoms with Crippen LogP contribution < -0.4 is 0 Å².